The summed E-state index contributed by atoms with van der Waals surface area (Å²) in [4.78, 5) is 15.3. The van der Waals surface area contributed by atoms with Crippen molar-refractivity contribution >= 4 is 5.97 Å². The van der Waals surface area contributed by atoms with Crippen LogP contribution in [0.1, 0.15) is 35.5 Å². The fraction of sp³-hybridized carbons (Fsp3) is 0.333. The van der Waals surface area contributed by atoms with Gasteiger partial charge in [-0.15, -0.1) is 0 Å². The van der Waals surface area contributed by atoms with Crippen LogP contribution in [0.5, 0.6) is 5.75 Å². The molecule has 0 aliphatic rings. The molecule has 2 rings (SSSR count). The molecule has 0 amide bonds. The third kappa shape index (κ3) is 3.22. The van der Waals surface area contributed by atoms with Crippen LogP contribution < -0.4 is 4.74 Å². The first-order valence-electron chi connectivity index (χ1n) is 6.56. The molecule has 0 fully saturated rings. The van der Waals surface area contributed by atoms with Gasteiger partial charge in [-0.05, 0) is 30.7 Å². The summed E-state index contributed by atoms with van der Waals surface area (Å²) in [6.07, 6.45) is 0.414. The molecule has 0 spiro atoms. The van der Waals surface area contributed by atoms with E-state index < -0.39 is 5.97 Å². The highest BCUT2D eigenvalue weighted by atomic mass is 16.5. The number of carboxylic acid groups (broad SMARTS) is 1. The molecule has 0 aliphatic heterocycles. The Morgan fingerprint density at radius 3 is 2.57 bits per heavy atom. The summed E-state index contributed by atoms with van der Waals surface area (Å²) in [5.74, 6) is -0.145. The van der Waals surface area contributed by atoms with Gasteiger partial charge in [-0.2, -0.15) is 0 Å². The van der Waals surface area contributed by atoms with Gasteiger partial charge in [-0.3, -0.25) is 0 Å². The van der Waals surface area contributed by atoms with Gasteiger partial charge in [0.15, 0.2) is 5.69 Å². The Balaban J connectivity index is 2.40. The first-order chi connectivity index (χ1) is 10.1. The number of carboxylic acids is 1. The van der Waals surface area contributed by atoms with Crippen LogP contribution in [0.4, 0.5) is 0 Å². The van der Waals surface area contributed by atoms with Gasteiger partial charge in [0.2, 0.25) is 5.89 Å². The van der Waals surface area contributed by atoms with Crippen molar-refractivity contribution in [2.45, 2.75) is 19.3 Å². The standard InChI is InChI=1S/C15H17NO5/c1-9(7-8-17)13-12(15(18)19)16-14(21-13)10-3-5-11(20-2)6-4-10/h3-6,9,17H,7-8H2,1-2H3,(H,18,19). The maximum atomic E-state index is 11.3. The Hall–Kier alpha value is -2.34. The molecule has 1 aromatic carbocycles. The van der Waals surface area contributed by atoms with Crippen molar-refractivity contribution in [3.8, 4) is 17.2 Å². The van der Waals surface area contributed by atoms with Gasteiger partial charge < -0.3 is 19.4 Å². The third-order valence-corrected chi connectivity index (χ3v) is 3.20. The number of benzene rings is 1. The molecule has 6 heteroatoms. The highest BCUT2D eigenvalue weighted by Gasteiger charge is 2.24. The topological polar surface area (TPSA) is 92.8 Å². The van der Waals surface area contributed by atoms with Gasteiger partial charge in [0, 0.05) is 18.1 Å². The third-order valence-electron chi connectivity index (χ3n) is 3.20. The number of rotatable bonds is 6. The Morgan fingerprint density at radius 1 is 1.38 bits per heavy atom. The van der Waals surface area contributed by atoms with Gasteiger partial charge in [0.05, 0.1) is 7.11 Å². The zero-order valence-corrected chi connectivity index (χ0v) is 11.9. The van der Waals surface area contributed by atoms with Crippen LogP contribution >= 0.6 is 0 Å². The molecule has 0 bridgehead atoms. The molecular formula is C15H17NO5. The quantitative estimate of drug-likeness (QED) is 0.849. The number of aromatic carboxylic acids is 1. The number of oxazole rings is 1. The number of methoxy groups -OCH3 is 1. The molecule has 0 radical (unpaired) electrons. The first-order valence-corrected chi connectivity index (χ1v) is 6.56. The van der Waals surface area contributed by atoms with E-state index in [1.54, 1.807) is 38.3 Å². The van der Waals surface area contributed by atoms with E-state index in [9.17, 15) is 9.90 Å². The van der Waals surface area contributed by atoms with Crippen LogP contribution in [0.2, 0.25) is 0 Å². The summed E-state index contributed by atoms with van der Waals surface area (Å²) in [7, 11) is 1.57. The normalized spacial score (nSPS) is 12.1. The highest BCUT2D eigenvalue weighted by Crippen LogP contribution is 2.29. The number of carbonyl (C=O) groups is 1. The number of hydrogen-bond acceptors (Lipinski definition) is 5. The van der Waals surface area contributed by atoms with Crippen molar-refractivity contribution in [3.05, 3.63) is 35.7 Å². The minimum absolute atomic E-state index is 0.0429. The van der Waals surface area contributed by atoms with Gasteiger partial charge in [0.1, 0.15) is 11.5 Å². The lowest BCUT2D eigenvalue weighted by Gasteiger charge is -2.06. The molecule has 1 atom stereocenters. The summed E-state index contributed by atoms with van der Waals surface area (Å²) < 4.78 is 10.7. The molecule has 21 heavy (non-hydrogen) atoms. The van der Waals surface area contributed by atoms with Crippen LogP contribution in [-0.2, 0) is 0 Å². The molecule has 1 unspecified atom stereocenters. The second-order valence-corrected chi connectivity index (χ2v) is 4.68. The second kappa shape index (κ2) is 6.41. The van der Waals surface area contributed by atoms with Gasteiger partial charge >= 0.3 is 5.97 Å². The largest absolute Gasteiger partial charge is 0.497 e. The second-order valence-electron chi connectivity index (χ2n) is 4.68. The van der Waals surface area contributed by atoms with Crippen LogP contribution in [0.25, 0.3) is 11.5 Å². The smallest absolute Gasteiger partial charge is 0.358 e. The fourth-order valence-electron chi connectivity index (χ4n) is 2.00. The predicted molar refractivity (Wildman–Crippen MR) is 75.6 cm³/mol. The molecule has 2 aromatic rings. The summed E-state index contributed by atoms with van der Waals surface area (Å²) in [6.45, 7) is 1.75. The molecule has 112 valence electrons. The average Bonchev–Trinajstić information content (AvgIpc) is 2.93. The number of aliphatic hydroxyl groups excluding tert-OH is 1. The monoisotopic (exact) mass is 291 g/mol. The van der Waals surface area contributed by atoms with Crippen molar-refractivity contribution in [3.63, 3.8) is 0 Å². The molecule has 1 heterocycles. The lowest BCUT2D eigenvalue weighted by Crippen LogP contribution is -2.05. The van der Waals surface area contributed by atoms with Crippen LogP contribution in [0, 0.1) is 0 Å². The van der Waals surface area contributed by atoms with E-state index in [1.165, 1.54) is 0 Å². The minimum atomic E-state index is -1.14. The zero-order chi connectivity index (χ0) is 15.4. The SMILES string of the molecule is COc1ccc(-c2nc(C(=O)O)c(C(C)CCO)o2)cc1. The van der Waals surface area contributed by atoms with E-state index in [1.807, 2.05) is 0 Å². The number of aliphatic hydroxyl groups is 1. The number of hydrogen-bond donors (Lipinski definition) is 2. The summed E-state index contributed by atoms with van der Waals surface area (Å²) in [6, 6.07) is 6.99. The van der Waals surface area contributed by atoms with Crippen molar-refractivity contribution in [1.29, 1.82) is 0 Å². The average molecular weight is 291 g/mol. The fourth-order valence-corrected chi connectivity index (χ4v) is 2.00. The number of aromatic nitrogens is 1. The molecule has 2 N–H and O–H groups in total. The zero-order valence-electron chi connectivity index (χ0n) is 11.9. The molecular weight excluding hydrogens is 274 g/mol. The van der Waals surface area contributed by atoms with Crippen LogP contribution in [0.15, 0.2) is 28.7 Å². The Morgan fingerprint density at radius 2 is 2.05 bits per heavy atom. The van der Waals surface area contributed by atoms with Crippen LogP contribution in [0.3, 0.4) is 0 Å². The predicted octanol–water partition coefficient (Wildman–Crippen LogP) is 2.53. The number of nitrogens with zero attached hydrogens (tertiary/aromatic N) is 1. The van der Waals surface area contributed by atoms with Crippen molar-refractivity contribution < 1.29 is 24.2 Å². The Labute approximate surface area is 122 Å². The van der Waals surface area contributed by atoms with Crippen molar-refractivity contribution in [2.75, 3.05) is 13.7 Å². The van der Waals surface area contributed by atoms with Crippen LogP contribution in [-0.4, -0.2) is 34.9 Å². The van der Waals surface area contributed by atoms with E-state index in [4.69, 9.17) is 14.3 Å². The van der Waals surface area contributed by atoms with E-state index in [0.29, 0.717) is 17.7 Å². The van der Waals surface area contributed by atoms with Gasteiger partial charge in [0.25, 0.3) is 0 Å². The Kier molecular flexibility index (Phi) is 4.59. The molecule has 0 saturated carbocycles. The molecule has 1 aromatic heterocycles. The van der Waals surface area contributed by atoms with Crippen molar-refractivity contribution in [1.82, 2.24) is 4.98 Å². The first kappa shape index (κ1) is 15.1. The Bertz CT molecular complexity index is 617. The molecule has 0 saturated heterocycles. The highest BCUT2D eigenvalue weighted by molar-refractivity contribution is 5.87. The lowest BCUT2D eigenvalue weighted by atomic mass is 10.0. The maximum Gasteiger partial charge on any atom is 0.358 e. The van der Waals surface area contributed by atoms with Gasteiger partial charge in [-0.25, -0.2) is 9.78 Å². The van der Waals surface area contributed by atoms with E-state index in [0.717, 1.165) is 0 Å². The summed E-state index contributed by atoms with van der Waals surface area (Å²) >= 11 is 0. The molecule has 0 aliphatic carbocycles. The van der Waals surface area contributed by atoms with E-state index >= 15 is 0 Å². The minimum Gasteiger partial charge on any atom is -0.497 e. The van der Waals surface area contributed by atoms with Crippen molar-refractivity contribution in [2.24, 2.45) is 0 Å². The van der Waals surface area contributed by atoms with E-state index in [-0.39, 0.29) is 29.9 Å². The van der Waals surface area contributed by atoms with Gasteiger partial charge in [-0.1, -0.05) is 6.92 Å². The maximum absolute atomic E-state index is 11.3. The lowest BCUT2D eigenvalue weighted by molar-refractivity contribution is 0.0687. The summed E-state index contributed by atoms with van der Waals surface area (Å²) in [5.41, 5.74) is 0.558. The van der Waals surface area contributed by atoms with E-state index in [2.05, 4.69) is 4.98 Å². The molecule has 6 nitrogen and oxygen atoms in total. The summed E-state index contributed by atoms with van der Waals surface area (Å²) in [5, 5.41) is 18.2. The number of ether oxygens (including phenoxy) is 1.